The summed E-state index contributed by atoms with van der Waals surface area (Å²) in [5, 5.41) is 15.0. The van der Waals surface area contributed by atoms with E-state index in [1.807, 2.05) is 11.3 Å². The zero-order valence-electron chi connectivity index (χ0n) is 29.1. The first-order chi connectivity index (χ1) is 26.8. The van der Waals surface area contributed by atoms with Crippen molar-refractivity contribution in [2.24, 2.45) is 0 Å². The van der Waals surface area contributed by atoms with Gasteiger partial charge in [0.2, 0.25) is 0 Å². The highest BCUT2D eigenvalue weighted by atomic mass is 32.1. The van der Waals surface area contributed by atoms with Crippen LogP contribution in [0.3, 0.4) is 0 Å². The molecule has 0 radical (unpaired) electrons. The SMILES string of the molecule is c1ccc(-c2c3ccccc3c(-c3ccc4cc(-c5ccc6c(c5)oc5c6ccc6c5sc5ccc7ccccc7c56)ccc4c3)c3ccccc23)cc1. The fourth-order valence-corrected chi connectivity index (χ4v) is 10.2. The Morgan fingerprint density at radius 1 is 0.333 bits per heavy atom. The quantitative estimate of drug-likeness (QED) is 0.167. The van der Waals surface area contributed by atoms with Gasteiger partial charge in [0.1, 0.15) is 5.58 Å². The number of furan rings is 1. The van der Waals surface area contributed by atoms with E-state index in [0.717, 1.165) is 22.1 Å². The summed E-state index contributed by atoms with van der Waals surface area (Å²) >= 11 is 1.83. The lowest BCUT2D eigenvalue weighted by Crippen LogP contribution is -1.90. The van der Waals surface area contributed by atoms with Gasteiger partial charge >= 0.3 is 0 Å². The number of fused-ring (bicyclic) bond motifs is 12. The van der Waals surface area contributed by atoms with Crippen LogP contribution in [0.15, 0.2) is 186 Å². The van der Waals surface area contributed by atoms with E-state index < -0.39 is 0 Å². The minimum atomic E-state index is 0.922. The molecule has 0 amide bonds. The topological polar surface area (TPSA) is 13.1 Å². The number of benzene rings is 10. The molecule has 0 atom stereocenters. The molecule has 2 aromatic heterocycles. The van der Waals surface area contributed by atoms with Gasteiger partial charge in [-0.25, -0.2) is 0 Å². The van der Waals surface area contributed by atoms with Crippen molar-refractivity contribution in [2.45, 2.75) is 0 Å². The zero-order valence-corrected chi connectivity index (χ0v) is 30.0. The number of hydrogen-bond acceptors (Lipinski definition) is 2. The van der Waals surface area contributed by atoms with E-state index in [1.54, 1.807) is 0 Å². The largest absolute Gasteiger partial charge is 0.455 e. The molecule has 10 aromatic carbocycles. The van der Waals surface area contributed by atoms with Crippen LogP contribution in [0.4, 0.5) is 0 Å². The average Bonchev–Trinajstić information content (AvgIpc) is 3.81. The monoisotopic (exact) mass is 702 g/mol. The molecule has 2 heteroatoms. The molecule has 0 spiro atoms. The molecule has 12 aromatic rings. The van der Waals surface area contributed by atoms with Crippen LogP contribution >= 0.6 is 11.3 Å². The summed E-state index contributed by atoms with van der Waals surface area (Å²) in [6.07, 6.45) is 0. The molecule has 0 saturated heterocycles. The molecule has 0 aliphatic heterocycles. The van der Waals surface area contributed by atoms with Gasteiger partial charge in [-0.2, -0.15) is 0 Å². The Morgan fingerprint density at radius 2 is 0.870 bits per heavy atom. The summed E-state index contributed by atoms with van der Waals surface area (Å²) in [4.78, 5) is 0. The Labute approximate surface area is 314 Å². The van der Waals surface area contributed by atoms with Gasteiger partial charge in [-0.15, -0.1) is 11.3 Å². The fraction of sp³-hybridized carbons (Fsp3) is 0. The summed E-state index contributed by atoms with van der Waals surface area (Å²) < 4.78 is 9.25. The molecule has 0 saturated carbocycles. The van der Waals surface area contributed by atoms with E-state index >= 15 is 0 Å². The lowest BCUT2D eigenvalue weighted by atomic mass is 9.85. The highest BCUT2D eigenvalue weighted by molar-refractivity contribution is 7.26. The summed E-state index contributed by atoms with van der Waals surface area (Å²) in [5.41, 5.74) is 9.27. The third-order valence-electron chi connectivity index (χ3n) is 11.4. The Kier molecular flexibility index (Phi) is 6.28. The Balaban J connectivity index is 0.976. The molecule has 0 N–H and O–H groups in total. The number of hydrogen-bond donors (Lipinski definition) is 0. The van der Waals surface area contributed by atoms with Crippen LogP contribution < -0.4 is 0 Å². The molecule has 54 heavy (non-hydrogen) atoms. The first kappa shape index (κ1) is 29.8. The summed E-state index contributed by atoms with van der Waals surface area (Å²) in [7, 11) is 0. The van der Waals surface area contributed by atoms with E-state index in [9.17, 15) is 0 Å². The minimum absolute atomic E-state index is 0.922. The molecular formula is C52H30OS. The van der Waals surface area contributed by atoms with Crippen LogP contribution in [-0.4, -0.2) is 0 Å². The van der Waals surface area contributed by atoms with Gasteiger partial charge in [0.05, 0.1) is 4.70 Å². The highest BCUT2D eigenvalue weighted by Crippen LogP contribution is 2.46. The van der Waals surface area contributed by atoms with E-state index in [-0.39, 0.29) is 0 Å². The third kappa shape index (κ3) is 4.32. The van der Waals surface area contributed by atoms with Crippen molar-refractivity contribution in [3.63, 3.8) is 0 Å². The average molecular weight is 703 g/mol. The molecule has 0 unspecified atom stereocenters. The van der Waals surface area contributed by atoms with Gasteiger partial charge in [0.25, 0.3) is 0 Å². The van der Waals surface area contributed by atoms with Gasteiger partial charge < -0.3 is 4.42 Å². The van der Waals surface area contributed by atoms with Crippen molar-refractivity contribution in [1.29, 1.82) is 0 Å². The van der Waals surface area contributed by atoms with Gasteiger partial charge in [0, 0.05) is 26.2 Å². The first-order valence-corrected chi connectivity index (χ1v) is 19.3. The fourth-order valence-electron chi connectivity index (χ4n) is 8.95. The number of thiophene rings is 1. The summed E-state index contributed by atoms with van der Waals surface area (Å²) in [6.45, 7) is 0. The van der Waals surface area contributed by atoms with E-state index in [1.165, 1.54) is 96.5 Å². The molecular weight excluding hydrogens is 673 g/mol. The van der Waals surface area contributed by atoms with Crippen LogP contribution in [-0.2, 0) is 0 Å². The normalized spacial score (nSPS) is 12.1. The van der Waals surface area contributed by atoms with Crippen LogP contribution in [0.5, 0.6) is 0 Å². The second kappa shape index (κ2) is 11.4. The van der Waals surface area contributed by atoms with Crippen LogP contribution in [0.2, 0.25) is 0 Å². The minimum Gasteiger partial charge on any atom is -0.455 e. The first-order valence-electron chi connectivity index (χ1n) is 18.5. The Hall–Kier alpha value is -6.74. The predicted molar refractivity (Wildman–Crippen MR) is 233 cm³/mol. The summed E-state index contributed by atoms with van der Waals surface area (Å²) in [5.74, 6) is 0. The van der Waals surface area contributed by atoms with Gasteiger partial charge in [-0.05, 0) is 113 Å². The number of rotatable bonds is 3. The second-order valence-corrected chi connectivity index (χ2v) is 15.4. The van der Waals surface area contributed by atoms with Crippen molar-refractivity contribution in [3.8, 4) is 33.4 Å². The van der Waals surface area contributed by atoms with Crippen LogP contribution in [0, 0.1) is 0 Å². The van der Waals surface area contributed by atoms with Crippen molar-refractivity contribution in [1.82, 2.24) is 0 Å². The van der Waals surface area contributed by atoms with Crippen molar-refractivity contribution < 1.29 is 4.42 Å². The maximum atomic E-state index is 6.74. The van der Waals surface area contributed by atoms with Crippen molar-refractivity contribution >= 4 is 96.5 Å². The molecule has 0 bridgehead atoms. The van der Waals surface area contributed by atoms with Crippen molar-refractivity contribution in [3.05, 3.63) is 182 Å². The smallest absolute Gasteiger partial charge is 0.153 e. The molecule has 0 aliphatic rings. The molecule has 1 nitrogen and oxygen atoms in total. The lowest BCUT2D eigenvalue weighted by Gasteiger charge is -2.18. The van der Waals surface area contributed by atoms with Crippen molar-refractivity contribution in [2.75, 3.05) is 0 Å². The predicted octanol–water partition coefficient (Wildman–Crippen LogP) is 15.6. The molecule has 0 fully saturated rings. The maximum Gasteiger partial charge on any atom is 0.153 e. The van der Waals surface area contributed by atoms with Gasteiger partial charge in [-0.3, -0.25) is 0 Å². The molecule has 12 rings (SSSR count). The highest BCUT2D eigenvalue weighted by Gasteiger charge is 2.18. The zero-order chi connectivity index (χ0) is 35.3. The third-order valence-corrected chi connectivity index (χ3v) is 12.6. The lowest BCUT2D eigenvalue weighted by molar-refractivity contribution is 0.673. The van der Waals surface area contributed by atoms with Gasteiger partial charge in [-0.1, -0.05) is 146 Å². The standard InChI is InChI=1S/C52H30OS/c1-2-11-32(12-3-1)48-40-14-6-8-16-42(40)49(43-17-9-7-15-41(43)48)37-21-20-33-28-34(18-19-35(33)29-37)36-22-24-39-44-25-26-45-50-38-13-5-4-10-31(38)23-27-47(50)54-52(45)51(44)53-46(39)30-36/h1-30H. The molecule has 2 heterocycles. The van der Waals surface area contributed by atoms with Crippen LogP contribution in [0.25, 0.3) is 119 Å². The summed E-state index contributed by atoms with van der Waals surface area (Å²) in [6, 6.07) is 66.6. The maximum absolute atomic E-state index is 6.74. The Morgan fingerprint density at radius 3 is 1.61 bits per heavy atom. The van der Waals surface area contributed by atoms with E-state index in [0.29, 0.717) is 0 Å². The van der Waals surface area contributed by atoms with Crippen LogP contribution in [0.1, 0.15) is 0 Å². The van der Waals surface area contributed by atoms with Gasteiger partial charge in [0.15, 0.2) is 5.58 Å². The molecule has 0 aliphatic carbocycles. The van der Waals surface area contributed by atoms with E-state index in [2.05, 4.69) is 182 Å². The Bertz CT molecular complexity index is 3440. The molecule has 250 valence electrons. The second-order valence-electron chi connectivity index (χ2n) is 14.4. The van der Waals surface area contributed by atoms with E-state index in [4.69, 9.17) is 4.42 Å².